The Balaban J connectivity index is 1.54. The maximum Gasteiger partial charge on any atom is 0.263 e. The monoisotopic (exact) mass is 393 g/mol. The number of carbonyl (C=O) groups is 1. The number of piperidine rings is 1. The number of pyridine rings is 1. The highest BCUT2D eigenvalue weighted by molar-refractivity contribution is 6.06. The van der Waals surface area contributed by atoms with Crippen LogP contribution >= 0.6 is 0 Å². The maximum atomic E-state index is 13.0. The van der Waals surface area contributed by atoms with Crippen molar-refractivity contribution in [3.8, 4) is 0 Å². The number of amidine groups is 1. The van der Waals surface area contributed by atoms with Gasteiger partial charge in [-0.3, -0.25) is 14.6 Å². The first-order valence-electron chi connectivity index (χ1n) is 10.2. The van der Waals surface area contributed by atoms with Gasteiger partial charge in [0.25, 0.3) is 11.5 Å². The fourth-order valence-corrected chi connectivity index (χ4v) is 3.97. The molecule has 2 aliphatic rings. The van der Waals surface area contributed by atoms with Gasteiger partial charge in [0.05, 0.1) is 6.54 Å². The third-order valence-electron chi connectivity index (χ3n) is 5.52. The lowest BCUT2D eigenvalue weighted by Crippen LogP contribution is -2.36. The Labute approximate surface area is 170 Å². The summed E-state index contributed by atoms with van der Waals surface area (Å²) in [6, 6.07) is 9.37. The molecule has 1 unspecified atom stereocenters. The number of carbonyl (C=O) groups excluding carboxylic acids is 1. The quantitative estimate of drug-likeness (QED) is 0.722. The van der Waals surface area contributed by atoms with Gasteiger partial charge in [-0.15, -0.1) is 0 Å². The second kappa shape index (κ2) is 8.61. The number of amides is 1. The van der Waals surface area contributed by atoms with Crippen molar-refractivity contribution >= 4 is 17.4 Å². The van der Waals surface area contributed by atoms with Crippen molar-refractivity contribution in [2.75, 3.05) is 31.5 Å². The number of rotatable bonds is 5. The van der Waals surface area contributed by atoms with E-state index in [0.29, 0.717) is 23.7 Å². The Morgan fingerprint density at radius 2 is 2.21 bits per heavy atom. The fourth-order valence-electron chi connectivity index (χ4n) is 3.97. The second-order valence-corrected chi connectivity index (χ2v) is 7.74. The first-order chi connectivity index (χ1) is 14.1. The van der Waals surface area contributed by atoms with Crippen molar-refractivity contribution in [1.29, 1.82) is 0 Å². The number of nitrogens with one attached hydrogen (secondary N) is 3. The van der Waals surface area contributed by atoms with Gasteiger partial charge in [-0.05, 0) is 62.5 Å². The highest BCUT2D eigenvalue weighted by Crippen LogP contribution is 2.15. The standard InChI is InChI=1S/C22H27N5O2/c1-15-7-11-27(14-16-4-3-8-23-13-16)22(29)19(15)21(28)26-18-6-2-5-17(12-18)20-24-9-10-25-20/h2,5-7,11-12,16,23H,3-4,8-10,13-14H2,1H3,(H,24,25)(H,26,28). The van der Waals surface area contributed by atoms with Gasteiger partial charge in [0.1, 0.15) is 11.4 Å². The molecule has 0 bridgehead atoms. The number of aryl methyl sites for hydroxylation is 1. The molecular weight excluding hydrogens is 366 g/mol. The van der Waals surface area contributed by atoms with Crippen LogP contribution in [0.2, 0.25) is 0 Å². The minimum atomic E-state index is -0.373. The van der Waals surface area contributed by atoms with Crippen molar-refractivity contribution in [2.24, 2.45) is 10.9 Å². The highest BCUT2D eigenvalue weighted by atomic mass is 16.2. The van der Waals surface area contributed by atoms with Gasteiger partial charge in [-0.2, -0.15) is 0 Å². The van der Waals surface area contributed by atoms with Gasteiger partial charge in [-0.25, -0.2) is 0 Å². The van der Waals surface area contributed by atoms with E-state index in [1.807, 2.05) is 30.3 Å². The van der Waals surface area contributed by atoms with E-state index in [4.69, 9.17) is 0 Å². The van der Waals surface area contributed by atoms with Crippen LogP contribution in [0.5, 0.6) is 0 Å². The van der Waals surface area contributed by atoms with Gasteiger partial charge in [-0.1, -0.05) is 12.1 Å². The predicted octanol–water partition coefficient (Wildman–Crippen LogP) is 1.76. The summed E-state index contributed by atoms with van der Waals surface area (Å²) in [5.41, 5.74) is 2.23. The van der Waals surface area contributed by atoms with Gasteiger partial charge in [0.2, 0.25) is 0 Å². The molecule has 0 radical (unpaired) electrons. The van der Waals surface area contributed by atoms with Crippen molar-refractivity contribution in [2.45, 2.75) is 26.3 Å². The lowest BCUT2D eigenvalue weighted by atomic mass is 9.99. The Morgan fingerprint density at radius 3 is 2.97 bits per heavy atom. The van der Waals surface area contributed by atoms with Crippen molar-refractivity contribution < 1.29 is 4.79 Å². The molecule has 1 amide bonds. The molecule has 0 spiro atoms. The van der Waals surface area contributed by atoms with E-state index in [9.17, 15) is 9.59 Å². The van der Waals surface area contributed by atoms with E-state index in [2.05, 4.69) is 20.9 Å². The zero-order chi connectivity index (χ0) is 20.2. The van der Waals surface area contributed by atoms with Crippen LogP contribution in [0.4, 0.5) is 5.69 Å². The molecule has 29 heavy (non-hydrogen) atoms. The van der Waals surface area contributed by atoms with Crippen molar-refractivity contribution in [1.82, 2.24) is 15.2 Å². The van der Waals surface area contributed by atoms with E-state index in [1.54, 1.807) is 17.7 Å². The number of anilines is 1. The van der Waals surface area contributed by atoms with Crippen LogP contribution < -0.4 is 21.5 Å². The Hall–Kier alpha value is -2.93. The molecule has 2 aromatic rings. The molecule has 1 fully saturated rings. The highest BCUT2D eigenvalue weighted by Gasteiger charge is 2.19. The molecule has 4 rings (SSSR count). The normalized spacial score (nSPS) is 18.8. The SMILES string of the molecule is Cc1ccn(CC2CCCNC2)c(=O)c1C(=O)Nc1cccc(C2=NCCN2)c1. The first kappa shape index (κ1) is 19.4. The summed E-state index contributed by atoms with van der Waals surface area (Å²) in [5, 5.41) is 9.49. The minimum absolute atomic E-state index is 0.206. The van der Waals surface area contributed by atoms with Crippen LogP contribution in [0.15, 0.2) is 46.3 Å². The number of aliphatic imine (C=N–C) groups is 1. The molecule has 1 aromatic carbocycles. The van der Waals surface area contributed by atoms with Crippen molar-refractivity contribution in [3.05, 3.63) is 63.6 Å². The van der Waals surface area contributed by atoms with Gasteiger partial charge >= 0.3 is 0 Å². The zero-order valence-corrected chi connectivity index (χ0v) is 16.7. The van der Waals surface area contributed by atoms with E-state index in [1.165, 1.54) is 0 Å². The average Bonchev–Trinajstić information content (AvgIpc) is 3.26. The van der Waals surface area contributed by atoms with Crippen LogP contribution in [0.1, 0.15) is 34.3 Å². The van der Waals surface area contributed by atoms with Crippen molar-refractivity contribution in [3.63, 3.8) is 0 Å². The summed E-state index contributed by atoms with van der Waals surface area (Å²) < 4.78 is 1.67. The van der Waals surface area contributed by atoms with E-state index in [0.717, 1.165) is 50.4 Å². The number of hydrogen-bond acceptors (Lipinski definition) is 5. The van der Waals surface area contributed by atoms with Crippen LogP contribution in [0.25, 0.3) is 0 Å². The average molecular weight is 393 g/mol. The summed E-state index contributed by atoms with van der Waals surface area (Å²) in [6.45, 7) is 5.96. The van der Waals surface area contributed by atoms with E-state index < -0.39 is 0 Å². The molecule has 7 heteroatoms. The summed E-state index contributed by atoms with van der Waals surface area (Å²) in [6.07, 6.45) is 4.02. The summed E-state index contributed by atoms with van der Waals surface area (Å²) in [5.74, 6) is 0.874. The first-order valence-corrected chi connectivity index (χ1v) is 10.2. The van der Waals surface area contributed by atoms with Crippen LogP contribution in [-0.2, 0) is 6.54 Å². The lowest BCUT2D eigenvalue weighted by Gasteiger charge is -2.23. The van der Waals surface area contributed by atoms with E-state index >= 15 is 0 Å². The summed E-state index contributed by atoms with van der Waals surface area (Å²) in [7, 11) is 0. The molecule has 152 valence electrons. The topological polar surface area (TPSA) is 87.5 Å². The smallest absolute Gasteiger partial charge is 0.263 e. The van der Waals surface area contributed by atoms with Crippen LogP contribution in [-0.4, -0.2) is 42.5 Å². The van der Waals surface area contributed by atoms with Gasteiger partial charge in [0, 0.05) is 30.5 Å². The van der Waals surface area contributed by atoms with Gasteiger partial charge in [0.15, 0.2) is 0 Å². The molecule has 1 saturated heterocycles. The third kappa shape index (κ3) is 4.40. The zero-order valence-electron chi connectivity index (χ0n) is 16.7. The molecular formula is C22H27N5O2. The number of nitrogens with zero attached hydrogens (tertiary/aromatic N) is 2. The predicted molar refractivity (Wildman–Crippen MR) is 115 cm³/mol. The maximum absolute atomic E-state index is 13.0. The molecule has 7 nitrogen and oxygen atoms in total. The number of aromatic nitrogens is 1. The molecule has 2 aliphatic heterocycles. The van der Waals surface area contributed by atoms with Gasteiger partial charge < -0.3 is 20.5 Å². The Morgan fingerprint density at radius 1 is 1.31 bits per heavy atom. The lowest BCUT2D eigenvalue weighted by molar-refractivity contribution is 0.102. The Bertz CT molecular complexity index is 989. The largest absolute Gasteiger partial charge is 0.368 e. The molecule has 3 N–H and O–H groups in total. The van der Waals surface area contributed by atoms with Crippen LogP contribution in [0, 0.1) is 12.8 Å². The summed E-state index contributed by atoms with van der Waals surface area (Å²) >= 11 is 0. The number of hydrogen-bond donors (Lipinski definition) is 3. The van der Waals surface area contributed by atoms with E-state index in [-0.39, 0.29) is 17.0 Å². The second-order valence-electron chi connectivity index (χ2n) is 7.74. The molecule has 1 aromatic heterocycles. The Kier molecular flexibility index (Phi) is 5.76. The molecule has 1 atom stereocenters. The third-order valence-corrected chi connectivity index (χ3v) is 5.52. The fraction of sp³-hybridized carbons (Fsp3) is 0.409. The number of benzene rings is 1. The summed E-state index contributed by atoms with van der Waals surface area (Å²) in [4.78, 5) is 30.4. The molecule has 3 heterocycles. The molecule has 0 saturated carbocycles. The molecule has 0 aliphatic carbocycles. The van der Waals surface area contributed by atoms with Crippen LogP contribution in [0.3, 0.4) is 0 Å². The minimum Gasteiger partial charge on any atom is -0.368 e.